The van der Waals surface area contributed by atoms with Gasteiger partial charge < -0.3 is 5.11 Å². The average molecular weight is 319 g/mol. The van der Waals surface area contributed by atoms with E-state index in [9.17, 15) is 18.3 Å². The Morgan fingerprint density at radius 1 is 1.27 bits per heavy atom. The fourth-order valence-corrected chi connectivity index (χ4v) is 3.19. The molecule has 4 nitrogen and oxygen atoms in total. The summed E-state index contributed by atoms with van der Waals surface area (Å²) in [7, 11) is 0. The van der Waals surface area contributed by atoms with Crippen molar-refractivity contribution in [3.63, 3.8) is 0 Å². The molecule has 2 heterocycles. The molecular weight excluding hydrogens is 295 g/mol. The van der Waals surface area contributed by atoms with Crippen molar-refractivity contribution < 1.29 is 18.3 Å². The average Bonchev–Trinajstić information content (AvgIpc) is 2.74. The lowest BCUT2D eigenvalue weighted by atomic mass is 9.90. The Morgan fingerprint density at radius 3 is 2.32 bits per heavy atom. The minimum Gasteiger partial charge on any atom is -0.383 e. The monoisotopic (exact) mass is 319 g/mol. The number of alkyl halides is 3. The van der Waals surface area contributed by atoms with Crippen LogP contribution in [0, 0.1) is 19.8 Å². The fourth-order valence-electron chi connectivity index (χ4n) is 3.19. The molecule has 1 aliphatic rings. The van der Waals surface area contributed by atoms with E-state index in [1.54, 1.807) is 0 Å². The van der Waals surface area contributed by atoms with Gasteiger partial charge in [-0.05, 0) is 52.6 Å². The first-order valence-electron chi connectivity index (χ1n) is 7.74. The predicted molar refractivity (Wildman–Crippen MR) is 77.4 cm³/mol. The molecule has 1 saturated heterocycles. The summed E-state index contributed by atoms with van der Waals surface area (Å²) in [5.41, 5.74) is 3.27. The van der Waals surface area contributed by atoms with E-state index in [-0.39, 0.29) is 0 Å². The lowest BCUT2D eigenvalue weighted by Gasteiger charge is -2.34. The van der Waals surface area contributed by atoms with Gasteiger partial charge in [-0.2, -0.15) is 18.3 Å². The third-order valence-corrected chi connectivity index (χ3v) is 4.63. The zero-order valence-corrected chi connectivity index (χ0v) is 13.3. The molecule has 1 aromatic rings. The molecule has 126 valence electrons. The first-order valence-corrected chi connectivity index (χ1v) is 7.74. The lowest BCUT2D eigenvalue weighted by Crippen LogP contribution is -2.43. The molecule has 1 fully saturated rings. The Balaban J connectivity index is 1.95. The van der Waals surface area contributed by atoms with Crippen molar-refractivity contribution in [1.82, 2.24) is 14.7 Å². The van der Waals surface area contributed by atoms with Crippen molar-refractivity contribution in [1.29, 1.82) is 0 Å². The van der Waals surface area contributed by atoms with Crippen LogP contribution in [0.15, 0.2) is 0 Å². The number of halogens is 3. The summed E-state index contributed by atoms with van der Waals surface area (Å²) in [6.07, 6.45) is -5.95. The Hall–Kier alpha value is -1.08. The van der Waals surface area contributed by atoms with Crippen LogP contribution in [0.3, 0.4) is 0 Å². The maximum Gasteiger partial charge on any atom is 0.414 e. The van der Waals surface area contributed by atoms with Crippen LogP contribution in [0.1, 0.15) is 36.7 Å². The van der Waals surface area contributed by atoms with Crippen LogP contribution in [0.2, 0.25) is 0 Å². The van der Waals surface area contributed by atoms with Gasteiger partial charge in [0.05, 0.1) is 5.69 Å². The number of aryl methyl sites for hydroxylation is 2. The molecule has 0 saturated carbocycles. The van der Waals surface area contributed by atoms with Gasteiger partial charge in [-0.3, -0.25) is 9.58 Å². The van der Waals surface area contributed by atoms with Crippen molar-refractivity contribution in [3.05, 3.63) is 17.0 Å². The largest absolute Gasteiger partial charge is 0.414 e. The fraction of sp³-hybridized carbons (Fsp3) is 0.800. The molecule has 0 radical (unpaired) electrons. The summed E-state index contributed by atoms with van der Waals surface area (Å²) in [5, 5.41) is 13.8. The zero-order chi connectivity index (χ0) is 16.5. The van der Waals surface area contributed by atoms with Gasteiger partial charge in [-0.25, -0.2) is 0 Å². The number of aliphatic hydroxyl groups is 1. The van der Waals surface area contributed by atoms with Crippen molar-refractivity contribution in [2.75, 3.05) is 13.1 Å². The summed E-state index contributed by atoms with van der Waals surface area (Å²) in [6, 6.07) is 0. The van der Waals surface area contributed by atoms with Gasteiger partial charge in [0.15, 0.2) is 6.10 Å². The second-order valence-corrected chi connectivity index (χ2v) is 6.07. The molecule has 0 aromatic carbocycles. The highest BCUT2D eigenvalue weighted by Gasteiger charge is 2.44. The van der Waals surface area contributed by atoms with Gasteiger partial charge in [-0.1, -0.05) is 0 Å². The molecular formula is C15H24F3N3O. The van der Waals surface area contributed by atoms with E-state index in [0.717, 1.165) is 23.5 Å². The van der Waals surface area contributed by atoms with Crippen LogP contribution in [-0.2, 0) is 13.1 Å². The highest BCUT2D eigenvalue weighted by molar-refractivity contribution is 5.24. The molecule has 2 rings (SSSR count). The first kappa shape index (κ1) is 17.3. The molecule has 1 atom stereocenters. The molecule has 0 spiro atoms. The normalized spacial score (nSPS) is 19.6. The molecule has 1 N–H and O–H groups in total. The van der Waals surface area contributed by atoms with E-state index in [1.165, 1.54) is 0 Å². The van der Waals surface area contributed by atoms with Gasteiger partial charge in [0, 0.05) is 24.3 Å². The third kappa shape index (κ3) is 3.63. The minimum atomic E-state index is -4.51. The standard InChI is InChI=1S/C15H24F3N3O/c1-4-21-11(3)13(10(2)19-21)9-20-7-5-12(6-8-20)14(22)15(16,17)18/h12,14,22H,4-9H2,1-3H3. The molecule has 22 heavy (non-hydrogen) atoms. The highest BCUT2D eigenvalue weighted by atomic mass is 19.4. The van der Waals surface area contributed by atoms with E-state index >= 15 is 0 Å². The summed E-state index contributed by atoms with van der Waals surface area (Å²) in [5.74, 6) is -0.684. The molecule has 0 amide bonds. The SMILES string of the molecule is CCn1nc(C)c(CN2CCC(C(O)C(F)(F)F)CC2)c1C. The molecule has 1 unspecified atom stereocenters. The quantitative estimate of drug-likeness (QED) is 0.928. The zero-order valence-electron chi connectivity index (χ0n) is 13.3. The van der Waals surface area contributed by atoms with Gasteiger partial charge in [0.25, 0.3) is 0 Å². The first-order chi connectivity index (χ1) is 10.2. The maximum absolute atomic E-state index is 12.6. The van der Waals surface area contributed by atoms with Gasteiger partial charge in [-0.15, -0.1) is 0 Å². The number of hydrogen-bond donors (Lipinski definition) is 1. The molecule has 0 bridgehead atoms. The Kier molecular flexibility index (Phi) is 5.17. The van der Waals surface area contributed by atoms with Crippen LogP contribution in [0.4, 0.5) is 13.2 Å². The van der Waals surface area contributed by atoms with Gasteiger partial charge in [0.1, 0.15) is 0 Å². The van der Waals surface area contributed by atoms with E-state index in [0.29, 0.717) is 32.5 Å². The van der Waals surface area contributed by atoms with E-state index in [4.69, 9.17) is 0 Å². The molecule has 1 aromatic heterocycles. The molecule has 1 aliphatic heterocycles. The minimum absolute atomic E-state index is 0.376. The van der Waals surface area contributed by atoms with Crippen LogP contribution >= 0.6 is 0 Å². The summed E-state index contributed by atoms with van der Waals surface area (Å²) >= 11 is 0. The van der Waals surface area contributed by atoms with E-state index < -0.39 is 18.2 Å². The summed E-state index contributed by atoms with van der Waals surface area (Å²) < 4.78 is 39.6. The lowest BCUT2D eigenvalue weighted by molar-refractivity contribution is -0.223. The van der Waals surface area contributed by atoms with Gasteiger partial charge >= 0.3 is 6.18 Å². The third-order valence-electron chi connectivity index (χ3n) is 4.63. The molecule has 7 heteroatoms. The number of likely N-dealkylation sites (tertiary alicyclic amines) is 1. The summed E-state index contributed by atoms with van der Waals surface area (Å²) in [6.45, 7) is 8.71. The number of rotatable bonds is 4. The summed E-state index contributed by atoms with van der Waals surface area (Å²) in [4.78, 5) is 2.15. The van der Waals surface area contributed by atoms with Gasteiger partial charge in [0.2, 0.25) is 0 Å². The second-order valence-electron chi connectivity index (χ2n) is 6.07. The van der Waals surface area contributed by atoms with Crippen LogP contribution < -0.4 is 0 Å². The number of piperidine rings is 1. The van der Waals surface area contributed by atoms with Crippen LogP contribution in [0.5, 0.6) is 0 Å². The van der Waals surface area contributed by atoms with Crippen molar-refractivity contribution in [2.24, 2.45) is 5.92 Å². The van der Waals surface area contributed by atoms with E-state index in [2.05, 4.69) is 10.00 Å². The number of nitrogens with zero attached hydrogens (tertiary/aromatic N) is 3. The topological polar surface area (TPSA) is 41.3 Å². The second kappa shape index (κ2) is 6.58. The van der Waals surface area contributed by atoms with E-state index in [1.807, 2.05) is 25.5 Å². The Bertz CT molecular complexity index is 505. The highest BCUT2D eigenvalue weighted by Crippen LogP contribution is 2.32. The number of aromatic nitrogens is 2. The smallest absolute Gasteiger partial charge is 0.383 e. The van der Waals surface area contributed by atoms with Crippen molar-refractivity contribution >= 4 is 0 Å². The van der Waals surface area contributed by atoms with Crippen LogP contribution in [-0.4, -0.2) is 45.2 Å². The number of aliphatic hydroxyl groups excluding tert-OH is 1. The van der Waals surface area contributed by atoms with Crippen molar-refractivity contribution in [3.8, 4) is 0 Å². The maximum atomic E-state index is 12.6. The Morgan fingerprint density at radius 2 is 1.86 bits per heavy atom. The van der Waals surface area contributed by atoms with Crippen LogP contribution in [0.25, 0.3) is 0 Å². The molecule has 0 aliphatic carbocycles. The predicted octanol–water partition coefficient (Wildman–Crippen LogP) is 2.66. The number of hydrogen-bond acceptors (Lipinski definition) is 3. The Labute approximate surface area is 128 Å². The van der Waals surface area contributed by atoms with Crippen molar-refractivity contribution in [2.45, 2.75) is 59.0 Å².